The second-order valence-corrected chi connectivity index (χ2v) is 6.36. The fourth-order valence-corrected chi connectivity index (χ4v) is 3.33. The number of alkyl halides is 3. The molecule has 0 spiro atoms. The highest BCUT2D eigenvalue weighted by Crippen LogP contribution is 2.38. The van der Waals surface area contributed by atoms with Gasteiger partial charge in [-0.05, 0) is 48.9 Å². The zero-order chi connectivity index (χ0) is 17.3. The van der Waals surface area contributed by atoms with Crippen molar-refractivity contribution in [1.82, 2.24) is 9.97 Å². The van der Waals surface area contributed by atoms with Crippen LogP contribution in [-0.2, 0) is 6.18 Å². The van der Waals surface area contributed by atoms with Crippen molar-refractivity contribution in [2.45, 2.75) is 44.8 Å². The SMILES string of the molecule is Cc1cccnc1N1CCC1CC(C)c1cccnc1C(F)(F)F. The topological polar surface area (TPSA) is 29.0 Å². The van der Waals surface area contributed by atoms with E-state index in [1.54, 1.807) is 12.3 Å². The first-order valence-electron chi connectivity index (χ1n) is 8.08. The summed E-state index contributed by atoms with van der Waals surface area (Å²) in [6.45, 7) is 4.74. The number of rotatable bonds is 4. The molecule has 1 aliphatic rings. The second kappa shape index (κ2) is 6.42. The lowest BCUT2D eigenvalue weighted by Gasteiger charge is -2.44. The molecule has 2 unspecified atom stereocenters. The minimum atomic E-state index is -4.41. The normalized spacial score (nSPS) is 19.0. The van der Waals surface area contributed by atoms with Crippen LogP contribution in [0.4, 0.5) is 19.0 Å². The summed E-state index contributed by atoms with van der Waals surface area (Å²) in [5.74, 6) is 0.718. The molecule has 3 rings (SSSR count). The van der Waals surface area contributed by atoms with Crippen LogP contribution in [0.15, 0.2) is 36.7 Å². The second-order valence-electron chi connectivity index (χ2n) is 6.36. The van der Waals surface area contributed by atoms with E-state index in [-0.39, 0.29) is 17.5 Å². The first-order valence-corrected chi connectivity index (χ1v) is 8.08. The van der Waals surface area contributed by atoms with Gasteiger partial charge in [0.25, 0.3) is 0 Å². The molecule has 6 heteroatoms. The molecule has 0 radical (unpaired) electrons. The highest BCUT2D eigenvalue weighted by Gasteiger charge is 2.38. The number of hydrogen-bond donors (Lipinski definition) is 0. The highest BCUT2D eigenvalue weighted by atomic mass is 19.4. The van der Waals surface area contributed by atoms with Crippen molar-refractivity contribution in [3.8, 4) is 0 Å². The van der Waals surface area contributed by atoms with E-state index < -0.39 is 11.9 Å². The maximum Gasteiger partial charge on any atom is 0.433 e. The summed E-state index contributed by atoms with van der Waals surface area (Å²) in [5.41, 5.74) is 0.596. The van der Waals surface area contributed by atoms with Gasteiger partial charge in [0.1, 0.15) is 11.5 Å². The van der Waals surface area contributed by atoms with Crippen LogP contribution in [-0.4, -0.2) is 22.6 Å². The minimum Gasteiger partial charge on any atom is -0.353 e. The van der Waals surface area contributed by atoms with Crippen molar-refractivity contribution in [2.75, 3.05) is 11.4 Å². The van der Waals surface area contributed by atoms with Crippen LogP contribution < -0.4 is 4.90 Å². The Hall–Kier alpha value is -2.11. The van der Waals surface area contributed by atoms with E-state index in [9.17, 15) is 13.2 Å². The molecule has 24 heavy (non-hydrogen) atoms. The standard InChI is InChI=1S/C18H20F3N3/c1-12-5-3-9-23-17(12)24-10-7-14(24)11-13(2)15-6-4-8-22-16(15)18(19,20)21/h3-6,8-9,13-14H,7,10-11H2,1-2H3. The number of aryl methyl sites for hydroxylation is 1. The molecule has 0 aromatic carbocycles. The van der Waals surface area contributed by atoms with E-state index in [4.69, 9.17) is 0 Å². The molecule has 1 aliphatic heterocycles. The monoisotopic (exact) mass is 335 g/mol. The fraction of sp³-hybridized carbons (Fsp3) is 0.444. The van der Waals surface area contributed by atoms with Crippen LogP contribution in [0, 0.1) is 6.92 Å². The van der Waals surface area contributed by atoms with Crippen LogP contribution in [0.2, 0.25) is 0 Å². The molecular weight excluding hydrogens is 315 g/mol. The average Bonchev–Trinajstić information content (AvgIpc) is 2.52. The number of anilines is 1. The van der Waals surface area contributed by atoms with E-state index in [1.807, 2.05) is 26.0 Å². The van der Waals surface area contributed by atoms with Gasteiger partial charge in [0.2, 0.25) is 0 Å². The first-order chi connectivity index (χ1) is 11.4. The van der Waals surface area contributed by atoms with Gasteiger partial charge in [0.15, 0.2) is 0 Å². The highest BCUT2D eigenvalue weighted by molar-refractivity contribution is 5.49. The third-order valence-electron chi connectivity index (χ3n) is 4.66. The van der Waals surface area contributed by atoms with Gasteiger partial charge in [0, 0.05) is 25.0 Å². The van der Waals surface area contributed by atoms with Crippen molar-refractivity contribution in [3.63, 3.8) is 0 Å². The number of aromatic nitrogens is 2. The predicted octanol–water partition coefficient (Wildman–Crippen LogP) is 4.58. The van der Waals surface area contributed by atoms with Crippen LogP contribution in [0.25, 0.3) is 0 Å². The molecule has 2 aromatic rings. The van der Waals surface area contributed by atoms with E-state index in [2.05, 4.69) is 14.9 Å². The number of hydrogen-bond acceptors (Lipinski definition) is 3. The van der Waals surface area contributed by atoms with Crippen molar-refractivity contribution in [1.29, 1.82) is 0 Å². The zero-order valence-electron chi connectivity index (χ0n) is 13.7. The van der Waals surface area contributed by atoms with Crippen LogP contribution >= 0.6 is 0 Å². The van der Waals surface area contributed by atoms with Gasteiger partial charge >= 0.3 is 6.18 Å². The van der Waals surface area contributed by atoms with Crippen LogP contribution in [0.3, 0.4) is 0 Å². The third kappa shape index (κ3) is 3.23. The molecule has 2 aromatic heterocycles. The van der Waals surface area contributed by atoms with E-state index in [0.29, 0.717) is 6.42 Å². The summed E-state index contributed by atoms with van der Waals surface area (Å²) in [7, 11) is 0. The molecule has 0 amide bonds. The maximum absolute atomic E-state index is 13.2. The van der Waals surface area contributed by atoms with E-state index >= 15 is 0 Å². The van der Waals surface area contributed by atoms with Crippen molar-refractivity contribution >= 4 is 5.82 Å². The van der Waals surface area contributed by atoms with Crippen molar-refractivity contribution < 1.29 is 13.2 Å². The van der Waals surface area contributed by atoms with Crippen molar-refractivity contribution in [3.05, 3.63) is 53.5 Å². The first kappa shape index (κ1) is 16.7. The lowest BCUT2D eigenvalue weighted by atomic mass is 9.87. The lowest BCUT2D eigenvalue weighted by Crippen LogP contribution is -2.49. The Kier molecular flexibility index (Phi) is 4.47. The minimum absolute atomic E-state index is 0.216. The fourth-order valence-electron chi connectivity index (χ4n) is 3.33. The van der Waals surface area contributed by atoms with Gasteiger partial charge in [-0.1, -0.05) is 19.1 Å². The average molecular weight is 335 g/mol. The molecule has 0 N–H and O–H groups in total. The Labute approximate surface area is 139 Å². The Bertz CT molecular complexity index is 715. The molecule has 0 aliphatic carbocycles. The summed E-state index contributed by atoms with van der Waals surface area (Å²) in [6, 6.07) is 7.22. The molecule has 0 bridgehead atoms. The number of pyridine rings is 2. The summed E-state index contributed by atoms with van der Waals surface area (Å²) >= 11 is 0. The third-order valence-corrected chi connectivity index (χ3v) is 4.66. The molecule has 3 heterocycles. The van der Waals surface area contributed by atoms with Crippen LogP contribution in [0.5, 0.6) is 0 Å². The Morgan fingerprint density at radius 3 is 2.54 bits per heavy atom. The van der Waals surface area contributed by atoms with Crippen molar-refractivity contribution in [2.24, 2.45) is 0 Å². The summed E-state index contributed by atoms with van der Waals surface area (Å²) < 4.78 is 39.5. The lowest BCUT2D eigenvalue weighted by molar-refractivity contribution is -0.142. The molecule has 1 saturated heterocycles. The Morgan fingerprint density at radius 1 is 1.21 bits per heavy atom. The van der Waals surface area contributed by atoms with Gasteiger partial charge in [-0.2, -0.15) is 13.2 Å². The van der Waals surface area contributed by atoms with E-state index in [1.165, 1.54) is 12.3 Å². The molecule has 1 fully saturated rings. The Balaban J connectivity index is 1.77. The molecule has 2 atom stereocenters. The predicted molar refractivity (Wildman–Crippen MR) is 87.0 cm³/mol. The van der Waals surface area contributed by atoms with Gasteiger partial charge in [-0.15, -0.1) is 0 Å². The molecule has 0 saturated carbocycles. The maximum atomic E-state index is 13.2. The van der Waals surface area contributed by atoms with Gasteiger partial charge in [-0.3, -0.25) is 4.98 Å². The smallest absolute Gasteiger partial charge is 0.353 e. The summed E-state index contributed by atoms with van der Waals surface area (Å²) in [6.07, 6.45) is 0.171. The van der Waals surface area contributed by atoms with Gasteiger partial charge in [0.05, 0.1) is 0 Å². The Morgan fingerprint density at radius 2 is 1.92 bits per heavy atom. The molecule has 128 valence electrons. The summed E-state index contributed by atoms with van der Waals surface area (Å²) in [5, 5.41) is 0. The zero-order valence-corrected chi connectivity index (χ0v) is 13.7. The quantitative estimate of drug-likeness (QED) is 0.819. The number of nitrogens with zero attached hydrogens (tertiary/aromatic N) is 3. The van der Waals surface area contributed by atoms with Crippen LogP contribution in [0.1, 0.15) is 42.5 Å². The molecular formula is C18H20F3N3. The van der Waals surface area contributed by atoms with Gasteiger partial charge in [-0.25, -0.2) is 4.98 Å². The molecule has 3 nitrogen and oxygen atoms in total. The number of halogens is 3. The van der Waals surface area contributed by atoms with Gasteiger partial charge < -0.3 is 4.90 Å². The summed E-state index contributed by atoms with van der Waals surface area (Å²) in [4.78, 5) is 10.2. The van der Waals surface area contributed by atoms with E-state index in [0.717, 1.165) is 24.3 Å². The largest absolute Gasteiger partial charge is 0.433 e.